The first-order chi connectivity index (χ1) is 12.2. The molecule has 150 valence electrons. The molecule has 3 nitrogen and oxygen atoms in total. The lowest BCUT2D eigenvalue weighted by Crippen LogP contribution is -2.44. The van der Waals surface area contributed by atoms with Crippen LogP contribution in [0.25, 0.3) is 0 Å². The zero-order chi connectivity index (χ0) is 18.8. The fraction of sp³-hybridized carbons (Fsp3) is 0.909. The molecule has 0 N–H and O–H groups in total. The second-order valence-corrected chi connectivity index (χ2v) is 7.10. The maximum atomic E-state index is 5.65. The third-order valence-corrected chi connectivity index (χ3v) is 5.22. The van der Waals surface area contributed by atoms with E-state index in [0.717, 1.165) is 19.3 Å². The maximum absolute atomic E-state index is 5.65. The summed E-state index contributed by atoms with van der Waals surface area (Å²) >= 11 is 0. The zero-order valence-corrected chi connectivity index (χ0v) is 17.5. The Balaban J connectivity index is 4.26. The summed E-state index contributed by atoms with van der Waals surface area (Å²) in [6.07, 6.45) is 19.6. The summed E-state index contributed by atoms with van der Waals surface area (Å²) in [5.41, 5.74) is 0. The van der Waals surface area contributed by atoms with Gasteiger partial charge in [0, 0.05) is 27.2 Å². The molecule has 3 heteroatoms. The van der Waals surface area contributed by atoms with Crippen molar-refractivity contribution in [3.05, 3.63) is 12.7 Å². The third-order valence-electron chi connectivity index (χ3n) is 5.22. The van der Waals surface area contributed by atoms with Gasteiger partial charge < -0.3 is 14.2 Å². The summed E-state index contributed by atoms with van der Waals surface area (Å²) in [5.74, 6) is -0.585. The molecule has 0 aliphatic carbocycles. The van der Waals surface area contributed by atoms with E-state index in [1.807, 2.05) is 6.08 Å². The molecule has 0 spiro atoms. The lowest BCUT2D eigenvalue weighted by Gasteiger charge is -2.36. The predicted molar refractivity (Wildman–Crippen MR) is 108 cm³/mol. The van der Waals surface area contributed by atoms with Gasteiger partial charge in [0.2, 0.25) is 0 Å². The Bertz CT molecular complexity index is 279. The summed E-state index contributed by atoms with van der Waals surface area (Å²) in [5, 5.41) is 0. The highest BCUT2D eigenvalue weighted by atomic mass is 16.9. The SMILES string of the molecule is C=CCCCCCCCC(CCCCCCCC)C(OC)(OC)OC. The van der Waals surface area contributed by atoms with Gasteiger partial charge in [-0.15, -0.1) is 6.58 Å². The lowest BCUT2D eigenvalue weighted by atomic mass is 9.91. The van der Waals surface area contributed by atoms with Crippen LogP contribution in [0.15, 0.2) is 12.7 Å². The molecular formula is C22H44O3. The molecule has 0 saturated carbocycles. The molecule has 25 heavy (non-hydrogen) atoms. The molecule has 0 aromatic rings. The van der Waals surface area contributed by atoms with E-state index in [1.165, 1.54) is 70.6 Å². The van der Waals surface area contributed by atoms with Crippen molar-refractivity contribution >= 4 is 0 Å². The van der Waals surface area contributed by atoms with Crippen molar-refractivity contribution in [2.45, 2.75) is 103 Å². The van der Waals surface area contributed by atoms with Gasteiger partial charge >= 0.3 is 0 Å². The van der Waals surface area contributed by atoms with Crippen LogP contribution in [0.3, 0.4) is 0 Å². The van der Waals surface area contributed by atoms with Gasteiger partial charge in [-0.2, -0.15) is 0 Å². The Labute approximate surface area is 157 Å². The second kappa shape index (κ2) is 17.1. The monoisotopic (exact) mass is 356 g/mol. The van der Waals surface area contributed by atoms with Gasteiger partial charge in [0.1, 0.15) is 0 Å². The van der Waals surface area contributed by atoms with Crippen LogP contribution in [-0.4, -0.2) is 27.3 Å². The van der Waals surface area contributed by atoms with Crippen LogP contribution in [0.1, 0.15) is 96.8 Å². The van der Waals surface area contributed by atoms with Crippen LogP contribution in [0.4, 0.5) is 0 Å². The van der Waals surface area contributed by atoms with E-state index < -0.39 is 5.97 Å². The summed E-state index contributed by atoms with van der Waals surface area (Å²) in [6.45, 7) is 6.04. The maximum Gasteiger partial charge on any atom is 0.285 e. The first-order valence-corrected chi connectivity index (χ1v) is 10.5. The van der Waals surface area contributed by atoms with Gasteiger partial charge in [0.25, 0.3) is 5.97 Å². The Hall–Kier alpha value is -0.380. The minimum atomic E-state index is -0.883. The Morgan fingerprint density at radius 1 is 0.720 bits per heavy atom. The largest absolute Gasteiger partial charge is 0.331 e. The van der Waals surface area contributed by atoms with Crippen molar-refractivity contribution in [2.24, 2.45) is 5.92 Å². The van der Waals surface area contributed by atoms with Crippen LogP contribution in [0.5, 0.6) is 0 Å². The molecule has 0 heterocycles. The van der Waals surface area contributed by atoms with E-state index in [4.69, 9.17) is 14.2 Å². The molecule has 0 aromatic heterocycles. The molecule has 0 bridgehead atoms. The van der Waals surface area contributed by atoms with E-state index in [0.29, 0.717) is 5.92 Å². The van der Waals surface area contributed by atoms with Crippen LogP contribution >= 0.6 is 0 Å². The topological polar surface area (TPSA) is 27.7 Å². The summed E-state index contributed by atoms with van der Waals surface area (Å²) in [7, 11) is 5.07. The third kappa shape index (κ3) is 11.0. The van der Waals surface area contributed by atoms with E-state index >= 15 is 0 Å². The molecule has 0 aliphatic heterocycles. The number of hydrogen-bond acceptors (Lipinski definition) is 3. The molecular weight excluding hydrogens is 312 g/mol. The Morgan fingerprint density at radius 2 is 1.16 bits per heavy atom. The number of rotatable bonds is 19. The minimum Gasteiger partial charge on any atom is -0.331 e. The van der Waals surface area contributed by atoms with E-state index in [2.05, 4.69) is 13.5 Å². The molecule has 0 saturated heterocycles. The lowest BCUT2D eigenvalue weighted by molar-refractivity contribution is -0.380. The number of ether oxygens (including phenoxy) is 3. The molecule has 0 aliphatic rings. The highest BCUT2D eigenvalue weighted by Gasteiger charge is 2.39. The van der Waals surface area contributed by atoms with Crippen molar-refractivity contribution in [3.63, 3.8) is 0 Å². The van der Waals surface area contributed by atoms with E-state index in [9.17, 15) is 0 Å². The van der Waals surface area contributed by atoms with Crippen molar-refractivity contribution < 1.29 is 14.2 Å². The normalized spacial score (nSPS) is 13.1. The van der Waals surface area contributed by atoms with Gasteiger partial charge in [-0.25, -0.2) is 0 Å². The number of allylic oxidation sites excluding steroid dienone is 1. The van der Waals surface area contributed by atoms with Crippen LogP contribution in [0, 0.1) is 5.92 Å². The zero-order valence-electron chi connectivity index (χ0n) is 17.5. The first kappa shape index (κ1) is 24.6. The molecule has 0 aromatic carbocycles. The standard InChI is InChI=1S/C22H44O3/c1-6-8-10-12-14-16-18-20-21(22(23-3,24-4)25-5)19-17-15-13-11-9-7-2/h6,21H,1,7-20H2,2-5H3. The fourth-order valence-corrected chi connectivity index (χ4v) is 3.63. The summed E-state index contributed by atoms with van der Waals surface area (Å²) in [4.78, 5) is 0. The number of hydrogen-bond donors (Lipinski definition) is 0. The van der Waals surface area contributed by atoms with Crippen molar-refractivity contribution in [3.8, 4) is 0 Å². The van der Waals surface area contributed by atoms with Crippen molar-refractivity contribution in [1.29, 1.82) is 0 Å². The number of unbranched alkanes of at least 4 members (excludes halogenated alkanes) is 10. The molecule has 0 rings (SSSR count). The first-order valence-electron chi connectivity index (χ1n) is 10.5. The molecule has 0 amide bonds. The minimum absolute atomic E-state index is 0.298. The van der Waals surface area contributed by atoms with Gasteiger partial charge in [-0.3, -0.25) is 0 Å². The Kier molecular flexibility index (Phi) is 16.8. The second-order valence-electron chi connectivity index (χ2n) is 7.10. The molecule has 0 fully saturated rings. The van der Waals surface area contributed by atoms with Gasteiger partial charge in [0.15, 0.2) is 0 Å². The van der Waals surface area contributed by atoms with Gasteiger partial charge in [-0.05, 0) is 25.7 Å². The predicted octanol–water partition coefficient (Wildman–Crippen LogP) is 6.86. The van der Waals surface area contributed by atoms with Crippen LogP contribution in [0.2, 0.25) is 0 Å². The smallest absolute Gasteiger partial charge is 0.285 e. The van der Waals surface area contributed by atoms with Gasteiger partial charge in [0.05, 0.1) is 0 Å². The number of methoxy groups -OCH3 is 3. The quantitative estimate of drug-likeness (QED) is 0.144. The van der Waals surface area contributed by atoms with Crippen LogP contribution in [-0.2, 0) is 14.2 Å². The average Bonchev–Trinajstić information content (AvgIpc) is 2.64. The molecule has 1 atom stereocenters. The van der Waals surface area contributed by atoms with E-state index in [1.54, 1.807) is 21.3 Å². The highest BCUT2D eigenvalue weighted by Crippen LogP contribution is 2.33. The van der Waals surface area contributed by atoms with Crippen molar-refractivity contribution in [1.82, 2.24) is 0 Å². The molecule has 1 unspecified atom stereocenters. The van der Waals surface area contributed by atoms with Crippen LogP contribution < -0.4 is 0 Å². The van der Waals surface area contributed by atoms with E-state index in [-0.39, 0.29) is 0 Å². The fourth-order valence-electron chi connectivity index (χ4n) is 3.63. The van der Waals surface area contributed by atoms with Gasteiger partial charge in [-0.1, -0.05) is 77.2 Å². The highest BCUT2D eigenvalue weighted by molar-refractivity contribution is 4.72. The summed E-state index contributed by atoms with van der Waals surface area (Å²) in [6, 6.07) is 0. The van der Waals surface area contributed by atoms with Crippen molar-refractivity contribution in [2.75, 3.05) is 21.3 Å². The molecule has 0 radical (unpaired) electrons. The Morgan fingerprint density at radius 3 is 1.60 bits per heavy atom. The summed E-state index contributed by atoms with van der Waals surface area (Å²) < 4.78 is 16.9. The average molecular weight is 357 g/mol.